The van der Waals surface area contributed by atoms with E-state index >= 15 is 0 Å². The number of nitrogens with zero attached hydrogens (tertiary/aromatic N) is 3. The molecule has 4 rings (SSSR count). The smallest absolute Gasteiger partial charge is 0.361 e. The number of halogens is 3. The summed E-state index contributed by atoms with van der Waals surface area (Å²) in [4.78, 5) is 4.46. The van der Waals surface area contributed by atoms with E-state index in [1.54, 1.807) is 12.1 Å². The van der Waals surface area contributed by atoms with E-state index in [0.717, 1.165) is 68.6 Å². The third-order valence-corrected chi connectivity index (χ3v) is 5.71. The van der Waals surface area contributed by atoms with E-state index in [0.29, 0.717) is 12.1 Å². The van der Waals surface area contributed by atoms with E-state index in [1.807, 2.05) is 36.4 Å². The SMILES string of the molecule is FC(F)(F)c1ccccc1CN1CCN(CCCc2cc(-c3ccccc3)no2)CC1. The molecule has 0 amide bonds. The van der Waals surface area contributed by atoms with Crippen LogP contribution in [0.4, 0.5) is 13.2 Å². The molecule has 1 aliphatic heterocycles. The molecule has 1 aromatic heterocycles. The molecule has 0 atom stereocenters. The topological polar surface area (TPSA) is 32.5 Å². The molecular weight excluding hydrogens is 403 g/mol. The number of hydrogen-bond donors (Lipinski definition) is 0. The maximum Gasteiger partial charge on any atom is 0.416 e. The van der Waals surface area contributed by atoms with E-state index < -0.39 is 11.7 Å². The number of piperazine rings is 1. The number of hydrogen-bond acceptors (Lipinski definition) is 4. The first-order chi connectivity index (χ1) is 15.0. The average Bonchev–Trinajstić information content (AvgIpc) is 3.24. The summed E-state index contributed by atoms with van der Waals surface area (Å²) in [5, 5.41) is 4.15. The van der Waals surface area contributed by atoms with E-state index in [9.17, 15) is 13.2 Å². The summed E-state index contributed by atoms with van der Waals surface area (Å²) < 4.78 is 45.1. The standard InChI is InChI=1S/C24H26F3N3O/c25-24(26,27)22-11-5-4-9-20(22)18-30-15-13-29(14-16-30)12-6-10-21-17-23(28-31-21)19-7-2-1-3-8-19/h1-5,7-9,11,17H,6,10,12-16,18H2. The van der Waals surface area contributed by atoms with Gasteiger partial charge in [0.05, 0.1) is 5.56 Å². The van der Waals surface area contributed by atoms with Gasteiger partial charge in [-0.2, -0.15) is 13.2 Å². The largest absolute Gasteiger partial charge is 0.416 e. The van der Waals surface area contributed by atoms with Crippen molar-refractivity contribution in [1.82, 2.24) is 15.0 Å². The normalized spacial score (nSPS) is 16.0. The van der Waals surface area contributed by atoms with Crippen LogP contribution in [0.2, 0.25) is 0 Å². The molecule has 0 saturated carbocycles. The molecule has 0 unspecified atom stereocenters. The molecule has 7 heteroatoms. The highest BCUT2D eigenvalue weighted by Crippen LogP contribution is 2.32. The first-order valence-corrected chi connectivity index (χ1v) is 10.6. The first-order valence-electron chi connectivity index (χ1n) is 10.6. The van der Waals surface area contributed by atoms with Gasteiger partial charge in [-0.25, -0.2) is 0 Å². The monoisotopic (exact) mass is 429 g/mol. The number of aromatic nitrogens is 1. The molecule has 164 valence electrons. The van der Waals surface area contributed by atoms with Gasteiger partial charge in [-0.1, -0.05) is 53.7 Å². The van der Waals surface area contributed by atoms with E-state index in [2.05, 4.69) is 15.0 Å². The van der Waals surface area contributed by atoms with Crippen molar-refractivity contribution in [2.24, 2.45) is 0 Å². The minimum Gasteiger partial charge on any atom is -0.361 e. The van der Waals surface area contributed by atoms with Crippen molar-refractivity contribution in [1.29, 1.82) is 0 Å². The van der Waals surface area contributed by atoms with Gasteiger partial charge in [0.1, 0.15) is 11.5 Å². The van der Waals surface area contributed by atoms with Gasteiger partial charge in [0.2, 0.25) is 0 Å². The molecule has 4 nitrogen and oxygen atoms in total. The van der Waals surface area contributed by atoms with Crippen LogP contribution >= 0.6 is 0 Å². The minimum atomic E-state index is -4.31. The Morgan fingerprint density at radius 1 is 0.871 bits per heavy atom. The van der Waals surface area contributed by atoms with E-state index in [1.165, 1.54) is 6.07 Å². The van der Waals surface area contributed by atoms with Crippen LogP contribution in [0, 0.1) is 0 Å². The zero-order valence-electron chi connectivity index (χ0n) is 17.3. The molecule has 31 heavy (non-hydrogen) atoms. The highest BCUT2D eigenvalue weighted by atomic mass is 19.4. The number of alkyl halides is 3. The lowest BCUT2D eigenvalue weighted by molar-refractivity contribution is -0.138. The summed E-state index contributed by atoms with van der Waals surface area (Å²) in [6, 6.07) is 17.8. The number of rotatable bonds is 7. The van der Waals surface area contributed by atoms with Crippen molar-refractivity contribution in [2.75, 3.05) is 32.7 Å². The summed E-state index contributed by atoms with van der Waals surface area (Å²) in [6.45, 7) is 4.54. The zero-order chi connectivity index (χ0) is 21.7. The third kappa shape index (κ3) is 5.74. The van der Waals surface area contributed by atoms with Crippen LogP contribution < -0.4 is 0 Å². The molecule has 3 aromatic rings. The Morgan fingerprint density at radius 2 is 1.55 bits per heavy atom. The fourth-order valence-electron chi connectivity index (χ4n) is 4.00. The molecule has 1 fully saturated rings. The Bertz CT molecular complexity index is 963. The van der Waals surface area contributed by atoms with Crippen LogP contribution in [0.25, 0.3) is 11.3 Å². The third-order valence-electron chi connectivity index (χ3n) is 5.71. The van der Waals surface area contributed by atoms with E-state index in [-0.39, 0.29) is 0 Å². The fraction of sp³-hybridized carbons (Fsp3) is 0.375. The lowest BCUT2D eigenvalue weighted by atomic mass is 10.1. The highest BCUT2D eigenvalue weighted by Gasteiger charge is 2.33. The fourth-order valence-corrected chi connectivity index (χ4v) is 4.00. The van der Waals surface area contributed by atoms with Crippen LogP contribution in [-0.4, -0.2) is 47.7 Å². The molecule has 2 heterocycles. The van der Waals surface area contributed by atoms with E-state index in [4.69, 9.17) is 4.52 Å². The van der Waals surface area contributed by atoms with Gasteiger partial charge in [-0.05, 0) is 24.6 Å². The Hall–Kier alpha value is -2.64. The summed E-state index contributed by atoms with van der Waals surface area (Å²) >= 11 is 0. The van der Waals surface area contributed by atoms with Crippen molar-refractivity contribution in [3.63, 3.8) is 0 Å². The summed E-state index contributed by atoms with van der Waals surface area (Å²) in [7, 11) is 0. The lowest BCUT2D eigenvalue weighted by Crippen LogP contribution is -2.46. The van der Waals surface area contributed by atoms with Crippen molar-refractivity contribution in [2.45, 2.75) is 25.6 Å². The van der Waals surface area contributed by atoms with Crippen molar-refractivity contribution < 1.29 is 17.7 Å². The Labute approximate surface area is 180 Å². The van der Waals surface area contributed by atoms with Gasteiger partial charge in [0.25, 0.3) is 0 Å². The van der Waals surface area contributed by atoms with Crippen molar-refractivity contribution in [3.8, 4) is 11.3 Å². The van der Waals surface area contributed by atoms with Gasteiger partial charge in [0, 0.05) is 50.8 Å². The van der Waals surface area contributed by atoms with Crippen molar-refractivity contribution >= 4 is 0 Å². The molecule has 1 aliphatic rings. The Kier molecular flexibility index (Phi) is 6.73. The van der Waals surface area contributed by atoms with Crippen LogP contribution in [-0.2, 0) is 19.1 Å². The maximum atomic E-state index is 13.2. The zero-order valence-corrected chi connectivity index (χ0v) is 17.3. The number of benzene rings is 2. The van der Waals surface area contributed by atoms with Crippen LogP contribution in [0.15, 0.2) is 65.2 Å². The predicted octanol–water partition coefficient (Wildman–Crippen LogP) is 5.11. The predicted molar refractivity (Wildman–Crippen MR) is 113 cm³/mol. The van der Waals surface area contributed by atoms with Crippen molar-refractivity contribution in [3.05, 3.63) is 77.6 Å². The molecule has 1 saturated heterocycles. The van der Waals surface area contributed by atoms with Gasteiger partial charge in [-0.3, -0.25) is 4.90 Å². The molecule has 0 bridgehead atoms. The minimum absolute atomic E-state index is 0.337. The molecule has 0 spiro atoms. The van der Waals surface area contributed by atoms with Crippen LogP contribution in [0.5, 0.6) is 0 Å². The van der Waals surface area contributed by atoms with Gasteiger partial charge < -0.3 is 9.42 Å². The summed E-state index contributed by atoms with van der Waals surface area (Å²) in [5.74, 6) is 0.876. The molecule has 0 radical (unpaired) electrons. The highest BCUT2D eigenvalue weighted by molar-refractivity contribution is 5.58. The molecular formula is C24H26F3N3O. The molecule has 0 N–H and O–H groups in total. The summed E-state index contributed by atoms with van der Waals surface area (Å²) in [6.07, 6.45) is -2.53. The lowest BCUT2D eigenvalue weighted by Gasteiger charge is -2.35. The van der Waals surface area contributed by atoms with Gasteiger partial charge in [0.15, 0.2) is 0 Å². The summed E-state index contributed by atoms with van der Waals surface area (Å²) in [5.41, 5.74) is 1.71. The quantitative estimate of drug-likeness (QED) is 0.523. The van der Waals surface area contributed by atoms with Gasteiger partial charge >= 0.3 is 6.18 Å². The molecule has 2 aromatic carbocycles. The van der Waals surface area contributed by atoms with Crippen LogP contribution in [0.3, 0.4) is 0 Å². The second kappa shape index (κ2) is 9.66. The second-order valence-corrected chi connectivity index (χ2v) is 7.92. The van der Waals surface area contributed by atoms with Crippen LogP contribution in [0.1, 0.15) is 23.3 Å². The van der Waals surface area contributed by atoms with Gasteiger partial charge in [-0.15, -0.1) is 0 Å². The maximum absolute atomic E-state index is 13.2. The second-order valence-electron chi connectivity index (χ2n) is 7.92. The Morgan fingerprint density at radius 3 is 2.29 bits per heavy atom. The number of aryl methyl sites for hydroxylation is 1. The average molecular weight is 429 g/mol. The first kappa shape index (κ1) is 21.6. The molecule has 0 aliphatic carbocycles. The Balaban J connectivity index is 1.21.